The Morgan fingerprint density at radius 3 is 2.75 bits per heavy atom. The summed E-state index contributed by atoms with van der Waals surface area (Å²) >= 11 is 0. The first-order valence-corrected chi connectivity index (χ1v) is 6.45. The summed E-state index contributed by atoms with van der Waals surface area (Å²) in [5.41, 5.74) is -1.06. The Kier molecular flexibility index (Phi) is 3.90. The highest BCUT2D eigenvalue weighted by molar-refractivity contribution is 5.97. The van der Waals surface area contributed by atoms with Crippen LogP contribution in [0.15, 0.2) is 39.5 Å². The zero-order valence-electron chi connectivity index (χ0n) is 11.5. The van der Waals surface area contributed by atoms with E-state index in [1.54, 1.807) is 31.2 Å². The van der Waals surface area contributed by atoms with Crippen LogP contribution in [0.3, 0.4) is 0 Å². The van der Waals surface area contributed by atoms with Gasteiger partial charge in [0.2, 0.25) is 0 Å². The van der Waals surface area contributed by atoms with Gasteiger partial charge in [0.05, 0.1) is 12.1 Å². The Morgan fingerprint density at radius 1 is 1.40 bits per heavy atom. The fourth-order valence-electron chi connectivity index (χ4n) is 1.80. The van der Waals surface area contributed by atoms with Crippen LogP contribution in [0.4, 0.5) is 0 Å². The number of nitrogens with one attached hydrogen (secondary N) is 1. The lowest BCUT2D eigenvalue weighted by molar-refractivity contribution is 0.0844. The van der Waals surface area contributed by atoms with Crippen molar-refractivity contribution >= 4 is 16.9 Å². The van der Waals surface area contributed by atoms with E-state index in [4.69, 9.17) is 4.42 Å². The van der Waals surface area contributed by atoms with Crippen molar-refractivity contribution in [2.24, 2.45) is 0 Å². The Bertz CT molecular complexity index is 686. The average molecular weight is 275 g/mol. The lowest BCUT2D eigenvalue weighted by atomic mass is 9.99. The maximum atomic E-state index is 12.2. The third-order valence-corrected chi connectivity index (χ3v) is 3.43. The molecule has 20 heavy (non-hydrogen) atoms. The van der Waals surface area contributed by atoms with Gasteiger partial charge in [-0.15, -0.1) is 0 Å². The molecular weight excluding hydrogens is 258 g/mol. The highest BCUT2D eigenvalue weighted by atomic mass is 16.4. The number of carbonyl (C=O) groups excluding carboxylic acids is 1. The van der Waals surface area contributed by atoms with Gasteiger partial charge >= 0.3 is 5.63 Å². The summed E-state index contributed by atoms with van der Waals surface area (Å²) in [6.45, 7) is 3.36. The van der Waals surface area contributed by atoms with Crippen LogP contribution < -0.4 is 10.9 Å². The second kappa shape index (κ2) is 5.46. The molecule has 1 aromatic heterocycles. The molecule has 1 aromatic carbocycles. The number of para-hydroxylation sites is 1. The first-order chi connectivity index (χ1) is 9.49. The van der Waals surface area contributed by atoms with Gasteiger partial charge in [-0.3, -0.25) is 4.79 Å². The van der Waals surface area contributed by atoms with Crippen molar-refractivity contribution < 1.29 is 14.3 Å². The first-order valence-electron chi connectivity index (χ1n) is 6.45. The minimum atomic E-state index is -0.755. The first kappa shape index (κ1) is 14.3. The number of aliphatic hydroxyl groups excluding tert-OH is 1. The van der Waals surface area contributed by atoms with Crippen LogP contribution in [0.5, 0.6) is 0 Å². The summed E-state index contributed by atoms with van der Waals surface area (Å²) in [5, 5.41) is 12.7. The van der Waals surface area contributed by atoms with E-state index in [1.807, 2.05) is 6.92 Å². The van der Waals surface area contributed by atoms with Crippen molar-refractivity contribution in [2.45, 2.75) is 25.8 Å². The van der Waals surface area contributed by atoms with E-state index < -0.39 is 17.1 Å². The molecule has 2 aromatic rings. The molecule has 0 fully saturated rings. The van der Waals surface area contributed by atoms with Gasteiger partial charge in [-0.05, 0) is 25.5 Å². The standard InChI is InChI=1S/C15H17NO4/c1-3-15(2,9-17)16-13(18)11-8-10-6-4-5-7-12(10)20-14(11)19/h4-8,17H,3,9H2,1-2H3,(H,16,18). The topological polar surface area (TPSA) is 79.5 Å². The third-order valence-electron chi connectivity index (χ3n) is 3.43. The molecule has 1 amide bonds. The molecule has 5 heteroatoms. The third kappa shape index (κ3) is 2.72. The van der Waals surface area contributed by atoms with Crippen LogP contribution in [0, 0.1) is 0 Å². The van der Waals surface area contributed by atoms with E-state index in [0.29, 0.717) is 17.4 Å². The molecule has 1 unspecified atom stereocenters. The number of benzene rings is 1. The zero-order valence-corrected chi connectivity index (χ0v) is 11.5. The second-order valence-corrected chi connectivity index (χ2v) is 5.01. The van der Waals surface area contributed by atoms with Crippen molar-refractivity contribution in [3.8, 4) is 0 Å². The zero-order chi connectivity index (χ0) is 14.8. The molecule has 0 spiro atoms. The predicted octanol–water partition coefficient (Wildman–Crippen LogP) is 1.68. The number of aliphatic hydroxyl groups is 1. The molecule has 0 saturated carbocycles. The van der Waals surface area contributed by atoms with Crippen molar-refractivity contribution in [3.05, 3.63) is 46.3 Å². The van der Waals surface area contributed by atoms with Crippen molar-refractivity contribution in [1.82, 2.24) is 5.32 Å². The Morgan fingerprint density at radius 2 is 2.10 bits per heavy atom. The summed E-state index contributed by atoms with van der Waals surface area (Å²) in [6.07, 6.45) is 0.550. The Labute approximate surface area is 116 Å². The average Bonchev–Trinajstić information content (AvgIpc) is 2.46. The number of amides is 1. The van der Waals surface area contributed by atoms with Crippen LogP contribution in [0.2, 0.25) is 0 Å². The molecule has 0 bridgehead atoms. The van der Waals surface area contributed by atoms with E-state index in [1.165, 1.54) is 6.07 Å². The van der Waals surface area contributed by atoms with Crippen LogP contribution in [0.25, 0.3) is 11.0 Å². The molecule has 2 N–H and O–H groups in total. The van der Waals surface area contributed by atoms with Gasteiger partial charge in [-0.25, -0.2) is 4.79 Å². The number of carbonyl (C=O) groups is 1. The highest BCUT2D eigenvalue weighted by Crippen LogP contribution is 2.14. The molecule has 0 aliphatic rings. The van der Waals surface area contributed by atoms with Crippen molar-refractivity contribution in [1.29, 1.82) is 0 Å². The molecule has 1 atom stereocenters. The van der Waals surface area contributed by atoms with Gasteiger partial charge in [0.25, 0.3) is 5.91 Å². The van der Waals surface area contributed by atoms with Gasteiger partial charge in [-0.2, -0.15) is 0 Å². The van der Waals surface area contributed by atoms with Crippen LogP contribution in [0.1, 0.15) is 30.6 Å². The van der Waals surface area contributed by atoms with Gasteiger partial charge < -0.3 is 14.8 Å². The lowest BCUT2D eigenvalue weighted by Crippen LogP contribution is -2.49. The van der Waals surface area contributed by atoms with Gasteiger partial charge in [0, 0.05) is 5.39 Å². The highest BCUT2D eigenvalue weighted by Gasteiger charge is 2.25. The maximum absolute atomic E-state index is 12.2. The predicted molar refractivity (Wildman–Crippen MR) is 75.7 cm³/mol. The van der Waals surface area contributed by atoms with Crippen LogP contribution in [-0.4, -0.2) is 23.2 Å². The lowest BCUT2D eigenvalue weighted by Gasteiger charge is -2.26. The Balaban J connectivity index is 2.40. The molecular formula is C15H17NO4. The number of hydrogen-bond acceptors (Lipinski definition) is 4. The van der Waals surface area contributed by atoms with Crippen LogP contribution >= 0.6 is 0 Å². The number of fused-ring (bicyclic) bond motifs is 1. The normalized spacial score (nSPS) is 13.9. The summed E-state index contributed by atoms with van der Waals surface area (Å²) < 4.78 is 5.12. The molecule has 5 nitrogen and oxygen atoms in total. The van der Waals surface area contributed by atoms with Gasteiger partial charge in [0.1, 0.15) is 11.1 Å². The molecule has 0 saturated heterocycles. The second-order valence-electron chi connectivity index (χ2n) is 5.01. The van der Waals surface area contributed by atoms with E-state index in [2.05, 4.69) is 5.32 Å². The molecule has 0 radical (unpaired) electrons. The summed E-state index contributed by atoms with van der Waals surface area (Å²) in [5.74, 6) is -0.539. The fraction of sp³-hybridized carbons (Fsp3) is 0.333. The quantitative estimate of drug-likeness (QED) is 0.832. The van der Waals surface area contributed by atoms with Crippen molar-refractivity contribution in [3.63, 3.8) is 0 Å². The van der Waals surface area contributed by atoms with Crippen LogP contribution in [-0.2, 0) is 0 Å². The smallest absolute Gasteiger partial charge is 0.349 e. The molecule has 0 aliphatic carbocycles. The van der Waals surface area contributed by atoms with E-state index in [-0.39, 0.29) is 12.2 Å². The largest absolute Gasteiger partial charge is 0.422 e. The Hall–Kier alpha value is -2.14. The fourth-order valence-corrected chi connectivity index (χ4v) is 1.80. The van der Waals surface area contributed by atoms with Gasteiger partial charge in [0.15, 0.2) is 0 Å². The minimum Gasteiger partial charge on any atom is -0.422 e. The summed E-state index contributed by atoms with van der Waals surface area (Å²) in [4.78, 5) is 24.0. The summed E-state index contributed by atoms with van der Waals surface area (Å²) in [6, 6.07) is 8.49. The molecule has 106 valence electrons. The SMILES string of the molecule is CCC(C)(CO)NC(=O)c1cc2ccccc2oc1=O. The molecule has 2 rings (SSSR count). The van der Waals surface area contributed by atoms with Gasteiger partial charge in [-0.1, -0.05) is 25.1 Å². The van der Waals surface area contributed by atoms with E-state index in [9.17, 15) is 14.7 Å². The van der Waals surface area contributed by atoms with E-state index in [0.717, 1.165) is 0 Å². The minimum absolute atomic E-state index is 0.0585. The monoisotopic (exact) mass is 275 g/mol. The maximum Gasteiger partial charge on any atom is 0.349 e. The number of rotatable bonds is 4. The molecule has 1 heterocycles. The van der Waals surface area contributed by atoms with E-state index >= 15 is 0 Å². The number of hydrogen-bond donors (Lipinski definition) is 2. The van der Waals surface area contributed by atoms with Crippen molar-refractivity contribution in [2.75, 3.05) is 6.61 Å². The summed E-state index contributed by atoms with van der Waals surface area (Å²) in [7, 11) is 0. The molecule has 0 aliphatic heterocycles.